The van der Waals surface area contributed by atoms with Gasteiger partial charge in [-0.05, 0) is 42.7 Å². The van der Waals surface area contributed by atoms with E-state index in [-0.39, 0.29) is 23.5 Å². The number of nitrogens with zero attached hydrogens (tertiary/aromatic N) is 4. The molecule has 0 fully saturated rings. The van der Waals surface area contributed by atoms with Crippen molar-refractivity contribution in [2.45, 2.75) is 38.4 Å². The number of carbonyl (C=O) groups is 1. The van der Waals surface area contributed by atoms with Crippen LogP contribution in [-0.2, 0) is 26.6 Å². The van der Waals surface area contributed by atoms with Crippen molar-refractivity contribution in [3.05, 3.63) is 76.0 Å². The minimum atomic E-state index is -0.305. The number of halogens is 1. The van der Waals surface area contributed by atoms with Gasteiger partial charge in [-0.25, -0.2) is 13.9 Å². The van der Waals surface area contributed by atoms with Crippen LogP contribution in [0.15, 0.2) is 47.4 Å². The summed E-state index contributed by atoms with van der Waals surface area (Å²) < 4.78 is 17.9. The fraction of sp³-hybridized carbons (Fsp3) is 0.350. The van der Waals surface area contributed by atoms with E-state index in [0.717, 1.165) is 17.8 Å². The van der Waals surface area contributed by atoms with Gasteiger partial charge < -0.3 is 9.88 Å². The monoisotopic (exact) mass is 383 g/mol. The number of aromatic nitrogens is 4. The van der Waals surface area contributed by atoms with Gasteiger partial charge in [0.25, 0.3) is 5.91 Å². The highest BCUT2D eigenvalue weighted by Gasteiger charge is 2.23. The first-order valence-electron chi connectivity index (χ1n) is 9.34. The molecule has 3 aromatic rings. The molecule has 1 amide bonds. The van der Waals surface area contributed by atoms with Gasteiger partial charge in [-0.3, -0.25) is 9.36 Å². The maximum absolute atomic E-state index is 13.1. The molecule has 1 unspecified atom stereocenters. The lowest BCUT2D eigenvalue weighted by Crippen LogP contribution is -2.36. The van der Waals surface area contributed by atoms with E-state index in [1.165, 1.54) is 16.8 Å². The van der Waals surface area contributed by atoms with E-state index in [9.17, 15) is 14.0 Å². The topological polar surface area (TPSA) is 73.8 Å². The third-order valence-electron chi connectivity index (χ3n) is 5.17. The molecule has 28 heavy (non-hydrogen) atoms. The van der Waals surface area contributed by atoms with E-state index < -0.39 is 0 Å². The van der Waals surface area contributed by atoms with Crippen molar-refractivity contribution in [2.24, 2.45) is 7.05 Å². The maximum atomic E-state index is 13.1. The summed E-state index contributed by atoms with van der Waals surface area (Å²) in [4.78, 5) is 25.1. The Morgan fingerprint density at radius 3 is 2.75 bits per heavy atom. The number of rotatable bonds is 4. The van der Waals surface area contributed by atoms with Crippen molar-refractivity contribution < 1.29 is 9.18 Å². The molecular weight excluding hydrogens is 361 g/mol. The lowest BCUT2D eigenvalue weighted by molar-refractivity contribution is 0.0924. The smallest absolute Gasteiger partial charge is 0.346 e. The van der Waals surface area contributed by atoms with Gasteiger partial charge in [0, 0.05) is 32.3 Å². The van der Waals surface area contributed by atoms with E-state index >= 15 is 0 Å². The number of aryl methyl sites for hydroxylation is 2. The van der Waals surface area contributed by atoms with Gasteiger partial charge in [-0.1, -0.05) is 12.1 Å². The first-order valence-corrected chi connectivity index (χ1v) is 9.34. The molecule has 0 radical (unpaired) electrons. The number of hydrogen-bond donors (Lipinski definition) is 1. The Kier molecular flexibility index (Phi) is 4.85. The van der Waals surface area contributed by atoms with Crippen LogP contribution in [0.5, 0.6) is 0 Å². The largest absolute Gasteiger partial charge is 0.348 e. The lowest BCUT2D eigenvalue weighted by atomic mass is 10.1. The molecule has 0 bridgehead atoms. The van der Waals surface area contributed by atoms with Crippen LogP contribution < -0.4 is 11.0 Å². The molecule has 1 aromatic carbocycles. The quantitative estimate of drug-likeness (QED) is 0.745. The fourth-order valence-electron chi connectivity index (χ4n) is 3.59. The standard InChI is InChI=1S/C20H22FN5O2/c1-24-11-2-3-17(24)19(27)22-16-8-9-18-23-26(20(28)25(18)12-10-16)13-14-4-6-15(21)7-5-14/h2-7,11,16H,8-10,12-13H2,1H3,(H,22,27). The van der Waals surface area contributed by atoms with E-state index in [1.807, 2.05) is 19.3 Å². The van der Waals surface area contributed by atoms with Crippen LogP contribution in [0.4, 0.5) is 4.39 Å². The third-order valence-corrected chi connectivity index (χ3v) is 5.17. The first kappa shape index (κ1) is 18.2. The zero-order valence-corrected chi connectivity index (χ0v) is 15.6. The predicted octanol–water partition coefficient (Wildman–Crippen LogP) is 1.71. The molecule has 1 aliphatic heterocycles. The van der Waals surface area contributed by atoms with Crippen molar-refractivity contribution in [1.29, 1.82) is 0 Å². The van der Waals surface area contributed by atoms with Gasteiger partial charge in [-0.2, -0.15) is 5.10 Å². The predicted molar refractivity (Wildman–Crippen MR) is 102 cm³/mol. The highest BCUT2D eigenvalue weighted by Crippen LogP contribution is 2.13. The second-order valence-electron chi connectivity index (χ2n) is 7.14. The minimum absolute atomic E-state index is 0.00551. The lowest BCUT2D eigenvalue weighted by Gasteiger charge is -2.16. The van der Waals surface area contributed by atoms with Crippen molar-refractivity contribution in [1.82, 2.24) is 24.2 Å². The summed E-state index contributed by atoms with van der Waals surface area (Å²) in [7, 11) is 1.83. The number of benzene rings is 1. The number of hydrogen-bond acceptors (Lipinski definition) is 3. The SMILES string of the molecule is Cn1cccc1C(=O)NC1CCc2nn(Cc3ccc(F)cc3)c(=O)n2CC1. The molecule has 0 saturated heterocycles. The van der Waals surface area contributed by atoms with E-state index in [2.05, 4.69) is 10.4 Å². The summed E-state index contributed by atoms with van der Waals surface area (Å²) in [5.74, 6) is 0.314. The van der Waals surface area contributed by atoms with Crippen molar-refractivity contribution in [3.8, 4) is 0 Å². The molecule has 1 atom stereocenters. The second kappa shape index (κ2) is 7.46. The number of carbonyl (C=O) groups excluding carboxylic acids is 1. The Morgan fingerprint density at radius 1 is 1.25 bits per heavy atom. The highest BCUT2D eigenvalue weighted by molar-refractivity contribution is 5.92. The van der Waals surface area contributed by atoms with Crippen LogP contribution in [0.3, 0.4) is 0 Å². The molecule has 0 spiro atoms. The summed E-state index contributed by atoms with van der Waals surface area (Å²) in [5.41, 5.74) is 1.27. The van der Waals surface area contributed by atoms with Crippen molar-refractivity contribution >= 4 is 5.91 Å². The van der Waals surface area contributed by atoms with Gasteiger partial charge >= 0.3 is 5.69 Å². The van der Waals surface area contributed by atoms with Crippen LogP contribution in [-0.4, -0.2) is 30.9 Å². The van der Waals surface area contributed by atoms with E-state index in [4.69, 9.17) is 0 Å². The number of fused-ring (bicyclic) bond motifs is 1. The van der Waals surface area contributed by atoms with Crippen LogP contribution in [0.25, 0.3) is 0 Å². The van der Waals surface area contributed by atoms with Gasteiger partial charge in [0.2, 0.25) is 0 Å². The normalized spacial score (nSPS) is 16.4. The second-order valence-corrected chi connectivity index (χ2v) is 7.14. The van der Waals surface area contributed by atoms with Gasteiger partial charge in [0.1, 0.15) is 17.3 Å². The van der Waals surface area contributed by atoms with Crippen LogP contribution in [0.1, 0.15) is 34.7 Å². The van der Waals surface area contributed by atoms with Gasteiger partial charge in [0.05, 0.1) is 6.54 Å². The zero-order chi connectivity index (χ0) is 19.7. The Hall–Kier alpha value is -3.16. The molecular formula is C20H22FN5O2. The zero-order valence-electron chi connectivity index (χ0n) is 15.6. The molecule has 0 aliphatic carbocycles. The average molecular weight is 383 g/mol. The summed E-state index contributed by atoms with van der Waals surface area (Å²) in [6, 6.07) is 9.67. The van der Waals surface area contributed by atoms with E-state index in [0.29, 0.717) is 31.6 Å². The number of nitrogens with one attached hydrogen (secondary N) is 1. The van der Waals surface area contributed by atoms with Crippen molar-refractivity contribution in [3.63, 3.8) is 0 Å². The first-order chi connectivity index (χ1) is 13.5. The minimum Gasteiger partial charge on any atom is -0.348 e. The molecule has 1 aliphatic rings. The Labute approximate surface area is 161 Å². The van der Waals surface area contributed by atoms with Gasteiger partial charge in [-0.15, -0.1) is 0 Å². The van der Waals surface area contributed by atoms with Crippen LogP contribution >= 0.6 is 0 Å². The molecule has 3 heterocycles. The fourth-order valence-corrected chi connectivity index (χ4v) is 3.59. The molecule has 7 nitrogen and oxygen atoms in total. The summed E-state index contributed by atoms with van der Waals surface area (Å²) >= 11 is 0. The molecule has 1 N–H and O–H groups in total. The summed E-state index contributed by atoms with van der Waals surface area (Å²) in [5, 5.41) is 7.52. The van der Waals surface area contributed by atoms with E-state index in [1.54, 1.807) is 27.3 Å². The molecule has 8 heteroatoms. The average Bonchev–Trinajstić information content (AvgIpc) is 3.16. The Balaban J connectivity index is 1.44. The molecule has 146 valence electrons. The molecule has 4 rings (SSSR count). The molecule has 2 aromatic heterocycles. The Bertz CT molecular complexity index is 1050. The molecule has 0 saturated carbocycles. The summed E-state index contributed by atoms with van der Waals surface area (Å²) in [6.07, 6.45) is 3.85. The van der Waals surface area contributed by atoms with Crippen LogP contribution in [0, 0.1) is 5.82 Å². The van der Waals surface area contributed by atoms with Crippen molar-refractivity contribution in [2.75, 3.05) is 0 Å². The number of amides is 1. The van der Waals surface area contributed by atoms with Crippen LogP contribution in [0.2, 0.25) is 0 Å². The highest BCUT2D eigenvalue weighted by atomic mass is 19.1. The third kappa shape index (κ3) is 3.62. The maximum Gasteiger partial charge on any atom is 0.346 e. The summed E-state index contributed by atoms with van der Waals surface area (Å²) in [6.45, 7) is 0.822. The van der Waals surface area contributed by atoms with Gasteiger partial charge in [0.15, 0.2) is 0 Å². The Morgan fingerprint density at radius 2 is 2.04 bits per heavy atom.